The van der Waals surface area contributed by atoms with E-state index in [1.165, 1.54) is 11.9 Å². The number of nitrogens with one attached hydrogen (secondary N) is 2. The van der Waals surface area contributed by atoms with Gasteiger partial charge in [-0.1, -0.05) is 17.7 Å². The number of likely N-dealkylation sites (N-methyl/N-ethyl adjacent to an activating group) is 1. The van der Waals surface area contributed by atoms with Gasteiger partial charge in [0.1, 0.15) is 0 Å². The first-order valence-electron chi connectivity index (χ1n) is 7.74. The molecule has 0 atom stereocenters. The largest absolute Gasteiger partial charge is 0.325 e. The molecule has 2 aromatic carbocycles. The zero-order chi connectivity index (χ0) is 19.3. The van der Waals surface area contributed by atoms with Crippen LogP contribution >= 0.6 is 0 Å². The molecular formula is C18H18F3N3O2. The summed E-state index contributed by atoms with van der Waals surface area (Å²) in [6, 6.07) is 8.85. The Balaban J connectivity index is 1.86. The second-order valence-corrected chi connectivity index (χ2v) is 5.86. The molecule has 2 N–H and O–H groups in total. The van der Waals surface area contributed by atoms with Crippen LogP contribution in [0.5, 0.6) is 0 Å². The first kappa shape index (κ1) is 19.5. The third-order valence-corrected chi connectivity index (χ3v) is 3.47. The SMILES string of the molecule is Cc1ccc(NC(=O)CN(C)CC(=O)Nc2ccc(F)c(F)c2F)cc1. The number of hydrogen-bond donors (Lipinski definition) is 2. The van der Waals surface area contributed by atoms with Gasteiger partial charge in [-0.25, -0.2) is 13.2 Å². The van der Waals surface area contributed by atoms with Crippen LogP contribution in [-0.2, 0) is 9.59 Å². The third-order valence-electron chi connectivity index (χ3n) is 3.47. The van der Waals surface area contributed by atoms with Crippen LogP contribution in [0, 0.1) is 24.4 Å². The molecule has 0 heterocycles. The minimum absolute atomic E-state index is 0.0818. The topological polar surface area (TPSA) is 61.4 Å². The number of halogens is 3. The molecule has 5 nitrogen and oxygen atoms in total. The van der Waals surface area contributed by atoms with Gasteiger partial charge in [-0.2, -0.15) is 0 Å². The highest BCUT2D eigenvalue weighted by Gasteiger charge is 2.16. The summed E-state index contributed by atoms with van der Waals surface area (Å²) in [5, 5.41) is 4.83. The van der Waals surface area contributed by atoms with Crippen LogP contribution in [0.4, 0.5) is 24.5 Å². The maximum absolute atomic E-state index is 13.5. The van der Waals surface area contributed by atoms with Crippen molar-refractivity contribution in [3.8, 4) is 0 Å². The molecule has 0 aliphatic heterocycles. The van der Waals surface area contributed by atoms with E-state index in [-0.39, 0.29) is 19.0 Å². The number of carbonyl (C=O) groups excluding carboxylic acids is 2. The van der Waals surface area contributed by atoms with E-state index >= 15 is 0 Å². The zero-order valence-electron chi connectivity index (χ0n) is 14.3. The number of benzene rings is 2. The van der Waals surface area contributed by atoms with Gasteiger partial charge in [-0.05, 0) is 38.2 Å². The lowest BCUT2D eigenvalue weighted by Gasteiger charge is -2.16. The lowest BCUT2D eigenvalue weighted by atomic mass is 10.2. The molecule has 0 saturated carbocycles. The van der Waals surface area contributed by atoms with Gasteiger partial charge in [0.25, 0.3) is 0 Å². The Kier molecular flexibility index (Phi) is 6.35. The number of anilines is 2. The van der Waals surface area contributed by atoms with Gasteiger partial charge in [-0.3, -0.25) is 14.5 Å². The standard InChI is InChI=1S/C18H18F3N3O2/c1-11-3-5-12(6-4-11)22-15(25)9-24(2)10-16(26)23-14-8-7-13(19)17(20)18(14)21/h3-8H,9-10H2,1-2H3,(H,22,25)(H,23,26). The molecule has 0 saturated heterocycles. The second-order valence-electron chi connectivity index (χ2n) is 5.86. The summed E-state index contributed by atoms with van der Waals surface area (Å²) in [5.74, 6) is -5.47. The Bertz CT molecular complexity index is 810. The highest BCUT2D eigenvalue weighted by atomic mass is 19.2. The Morgan fingerprint density at radius 3 is 2.08 bits per heavy atom. The monoisotopic (exact) mass is 365 g/mol. The summed E-state index contributed by atoms with van der Waals surface area (Å²) in [4.78, 5) is 25.2. The van der Waals surface area contributed by atoms with Crippen LogP contribution in [0.15, 0.2) is 36.4 Å². The second kappa shape index (κ2) is 8.48. The summed E-state index contributed by atoms with van der Waals surface area (Å²) < 4.78 is 39.5. The highest BCUT2D eigenvalue weighted by Crippen LogP contribution is 2.19. The summed E-state index contributed by atoms with van der Waals surface area (Å²) in [7, 11) is 1.52. The van der Waals surface area contributed by atoms with E-state index in [0.717, 1.165) is 11.6 Å². The Hall–Kier alpha value is -2.87. The van der Waals surface area contributed by atoms with Crippen molar-refractivity contribution in [2.75, 3.05) is 30.8 Å². The number of carbonyl (C=O) groups is 2. The van der Waals surface area contributed by atoms with E-state index in [2.05, 4.69) is 10.6 Å². The lowest BCUT2D eigenvalue weighted by Crippen LogP contribution is -2.36. The molecule has 0 spiro atoms. The predicted octanol–water partition coefficient (Wildman–Crippen LogP) is 2.92. The number of amides is 2. The van der Waals surface area contributed by atoms with E-state index in [1.54, 1.807) is 12.1 Å². The average Bonchev–Trinajstić information content (AvgIpc) is 2.57. The van der Waals surface area contributed by atoms with Crippen molar-refractivity contribution in [2.45, 2.75) is 6.92 Å². The highest BCUT2D eigenvalue weighted by molar-refractivity contribution is 5.94. The molecule has 2 rings (SSSR count). The molecule has 0 aliphatic carbocycles. The molecule has 0 radical (unpaired) electrons. The summed E-state index contributed by atoms with van der Waals surface area (Å²) in [6.45, 7) is 1.61. The van der Waals surface area contributed by atoms with Crippen molar-refractivity contribution in [1.29, 1.82) is 0 Å². The van der Waals surface area contributed by atoms with E-state index < -0.39 is 29.0 Å². The van der Waals surface area contributed by atoms with E-state index in [0.29, 0.717) is 11.8 Å². The molecule has 138 valence electrons. The first-order valence-corrected chi connectivity index (χ1v) is 7.74. The number of hydrogen-bond acceptors (Lipinski definition) is 3. The first-order chi connectivity index (χ1) is 12.3. The van der Waals surface area contributed by atoms with Gasteiger partial charge in [0, 0.05) is 5.69 Å². The van der Waals surface area contributed by atoms with Crippen molar-refractivity contribution in [1.82, 2.24) is 4.90 Å². The average molecular weight is 365 g/mol. The van der Waals surface area contributed by atoms with Gasteiger partial charge < -0.3 is 10.6 Å². The fourth-order valence-corrected chi connectivity index (χ4v) is 2.20. The van der Waals surface area contributed by atoms with Gasteiger partial charge in [-0.15, -0.1) is 0 Å². The maximum Gasteiger partial charge on any atom is 0.238 e. The van der Waals surface area contributed by atoms with Gasteiger partial charge in [0.05, 0.1) is 18.8 Å². The van der Waals surface area contributed by atoms with Crippen LogP contribution in [0.2, 0.25) is 0 Å². The maximum atomic E-state index is 13.5. The van der Waals surface area contributed by atoms with Crippen LogP contribution in [0.25, 0.3) is 0 Å². The van der Waals surface area contributed by atoms with Crippen LogP contribution < -0.4 is 10.6 Å². The number of rotatable bonds is 6. The lowest BCUT2D eigenvalue weighted by molar-refractivity contribution is -0.119. The molecule has 2 aromatic rings. The van der Waals surface area contributed by atoms with Crippen LogP contribution in [-0.4, -0.2) is 36.9 Å². The van der Waals surface area contributed by atoms with E-state index in [4.69, 9.17) is 0 Å². The minimum atomic E-state index is -1.66. The Labute approximate surface area is 148 Å². The van der Waals surface area contributed by atoms with E-state index in [9.17, 15) is 22.8 Å². The zero-order valence-corrected chi connectivity index (χ0v) is 14.3. The van der Waals surface area contributed by atoms with Crippen molar-refractivity contribution in [3.63, 3.8) is 0 Å². The van der Waals surface area contributed by atoms with Crippen molar-refractivity contribution in [2.24, 2.45) is 0 Å². The Morgan fingerprint density at radius 2 is 1.46 bits per heavy atom. The van der Waals surface area contributed by atoms with Gasteiger partial charge in [0.15, 0.2) is 17.5 Å². The van der Waals surface area contributed by atoms with Crippen molar-refractivity contribution in [3.05, 3.63) is 59.4 Å². The number of nitrogens with zero attached hydrogens (tertiary/aromatic N) is 1. The smallest absolute Gasteiger partial charge is 0.238 e. The van der Waals surface area contributed by atoms with Crippen molar-refractivity contribution < 1.29 is 22.8 Å². The molecule has 8 heteroatoms. The molecule has 0 aliphatic rings. The minimum Gasteiger partial charge on any atom is -0.325 e. The number of aryl methyl sites for hydroxylation is 1. The van der Waals surface area contributed by atoms with Gasteiger partial charge in [0.2, 0.25) is 11.8 Å². The van der Waals surface area contributed by atoms with Crippen LogP contribution in [0.3, 0.4) is 0 Å². The quantitative estimate of drug-likeness (QED) is 0.774. The Morgan fingerprint density at radius 1 is 0.885 bits per heavy atom. The van der Waals surface area contributed by atoms with Crippen LogP contribution in [0.1, 0.15) is 5.56 Å². The molecule has 0 aromatic heterocycles. The van der Waals surface area contributed by atoms with E-state index in [1.807, 2.05) is 19.1 Å². The summed E-state index contributed by atoms with van der Waals surface area (Å²) in [5.41, 5.74) is 1.22. The molecule has 0 fully saturated rings. The summed E-state index contributed by atoms with van der Waals surface area (Å²) >= 11 is 0. The fraction of sp³-hybridized carbons (Fsp3) is 0.222. The van der Waals surface area contributed by atoms with Gasteiger partial charge >= 0.3 is 0 Å². The molecule has 26 heavy (non-hydrogen) atoms. The molecule has 0 bridgehead atoms. The normalized spacial score (nSPS) is 10.7. The molecule has 2 amide bonds. The summed E-state index contributed by atoms with van der Waals surface area (Å²) in [6.07, 6.45) is 0. The fourth-order valence-electron chi connectivity index (χ4n) is 2.20. The third kappa shape index (κ3) is 5.32. The molecular weight excluding hydrogens is 347 g/mol. The molecule has 0 unspecified atom stereocenters. The predicted molar refractivity (Wildman–Crippen MR) is 92.3 cm³/mol. The van der Waals surface area contributed by atoms with Crippen molar-refractivity contribution >= 4 is 23.2 Å².